The fourth-order valence-corrected chi connectivity index (χ4v) is 3.63. The summed E-state index contributed by atoms with van der Waals surface area (Å²) in [5.41, 5.74) is 5.57. The smallest absolute Gasteiger partial charge is 0.273 e. The van der Waals surface area contributed by atoms with E-state index in [1.54, 1.807) is 12.1 Å². The number of hydrogen-bond donors (Lipinski definition) is 1. The van der Waals surface area contributed by atoms with Crippen molar-refractivity contribution in [2.24, 2.45) is 10.3 Å². The van der Waals surface area contributed by atoms with Crippen LogP contribution in [0.4, 0.5) is 0 Å². The molecule has 2 atom stereocenters. The topological polar surface area (TPSA) is 96.1 Å². The van der Waals surface area contributed by atoms with Gasteiger partial charge in [-0.3, -0.25) is 4.79 Å². The number of hydrogen-bond acceptors (Lipinski definition) is 6. The molecule has 0 spiro atoms. The van der Waals surface area contributed by atoms with Crippen molar-refractivity contribution >= 4 is 35.8 Å². The van der Waals surface area contributed by atoms with E-state index in [1.807, 2.05) is 45.0 Å². The van der Waals surface area contributed by atoms with Gasteiger partial charge in [0.15, 0.2) is 5.71 Å². The maximum atomic E-state index is 12.3. The molecule has 0 aliphatic rings. The van der Waals surface area contributed by atoms with Crippen LogP contribution in [0.1, 0.15) is 47.2 Å². The van der Waals surface area contributed by atoms with E-state index in [9.17, 15) is 10.1 Å². The van der Waals surface area contributed by atoms with E-state index in [-0.39, 0.29) is 23.1 Å². The Hall–Kier alpha value is -2.80. The number of nitriles is 1. The van der Waals surface area contributed by atoms with Gasteiger partial charge in [-0.2, -0.15) is 5.26 Å². The minimum absolute atomic E-state index is 0.143. The predicted molar refractivity (Wildman–Crippen MR) is 134 cm³/mol. The summed E-state index contributed by atoms with van der Waals surface area (Å²) in [7, 11) is 8.45. The summed E-state index contributed by atoms with van der Waals surface area (Å²) in [4.78, 5) is 22.5. The molecule has 2 aromatic rings. The molecule has 0 saturated carbocycles. The Morgan fingerprint density at radius 3 is 2.53 bits per heavy atom. The van der Waals surface area contributed by atoms with Gasteiger partial charge >= 0.3 is 0 Å². The zero-order valence-electron chi connectivity index (χ0n) is 18.9. The number of oxime groups is 2. The Morgan fingerprint density at radius 1 is 1.22 bits per heavy atom. The molecule has 0 aliphatic carbocycles. The van der Waals surface area contributed by atoms with Gasteiger partial charge in [0.05, 0.1) is 17.3 Å². The molecule has 0 fully saturated rings. The number of likely N-dealkylation sites (N-methyl/N-ethyl adjacent to an activating group) is 1. The van der Waals surface area contributed by atoms with Gasteiger partial charge in [-0.15, -0.1) is 18.5 Å². The molecule has 1 N–H and O–H groups in total. The van der Waals surface area contributed by atoms with Gasteiger partial charge in [0, 0.05) is 28.6 Å². The van der Waals surface area contributed by atoms with E-state index >= 15 is 0 Å². The number of nitrogens with zero attached hydrogens (tertiary/aromatic N) is 3. The standard InChI is InChI=1S/C23H28N4O3P2/c1-14-7-6-8-18(21(27-29-5)22(28)25-4)19(14)13-30-26-15(2)17-10-9-16(12-24)11-20(17)23(3,31)32/h6-11H,13,31-32H2,1-5H3,(H,25,28)/b26-15+,27-21+. The number of benzene rings is 2. The Kier molecular flexibility index (Phi) is 8.89. The van der Waals surface area contributed by atoms with Crippen LogP contribution in [-0.2, 0) is 26.0 Å². The van der Waals surface area contributed by atoms with E-state index in [4.69, 9.17) is 9.68 Å². The van der Waals surface area contributed by atoms with E-state index in [2.05, 4.69) is 40.2 Å². The van der Waals surface area contributed by atoms with E-state index in [1.165, 1.54) is 14.2 Å². The molecule has 2 rings (SSSR count). The molecule has 0 bridgehead atoms. The third-order valence-electron chi connectivity index (χ3n) is 4.82. The number of nitrogens with one attached hydrogen (secondary N) is 1. The fraction of sp³-hybridized carbons (Fsp3) is 0.304. The van der Waals surface area contributed by atoms with Crippen LogP contribution in [0.25, 0.3) is 0 Å². The maximum absolute atomic E-state index is 12.3. The highest BCUT2D eigenvalue weighted by Gasteiger charge is 2.21. The third-order valence-corrected chi connectivity index (χ3v) is 5.44. The molecule has 1 amide bonds. The summed E-state index contributed by atoms with van der Waals surface area (Å²) in [5, 5.41) is 20.0. The highest BCUT2D eigenvalue weighted by atomic mass is 31.1. The van der Waals surface area contributed by atoms with Crippen molar-refractivity contribution in [3.8, 4) is 6.07 Å². The zero-order chi connectivity index (χ0) is 23.9. The maximum Gasteiger partial charge on any atom is 0.273 e. The van der Waals surface area contributed by atoms with Crippen molar-refractivity contribution in [2.45, 2.75) is 32.3 Å². The quantitative estimate of drug-likeness (QED) is 0.360. The lowest BCUT2D eigenvalue weighted by Gasteiger charge is -2.22. The Labute approximate surface area is 193 Å². The highest BCUT2D eigenvalue weighted by Crippen LogP contribution is 2.40. The lowest BCUT2D eigenvalue weighted by Crippen LogP contribution is -2.29. The van der Waals surface area contributed by atoms with Crippen LogP contribution in [-0.4, -0.2) is 31.5 Å². The van der Waals surface area contributed by atoms with Crippen LogP contribution in [0, 0.1) is 18.3 Å². The number of carbonyl (C=O) groups excluding carboxylic acids is 1. The molecule has 0 aliphatic heterocycles. The second-order valence-electron chi connectivity index (χ2n) is 7.41. The van der Waals surface area contributed by atoms with Crippen LogP contribution < -0.4 is 5.32 Å². The Balaban J connectivity index is 2.38. The van der Waals surface area contributed by atoms with Gasteiger partial charge in [0.25, 0.3) is 5.91 Å². The molecule has 0 radical (unpaired) electrons. The van der Waals surface area contributed by atoms with Crippen molar-refractivity contribution < 1.29 is 14.5 Å². The molecule has 32 heavy (non-hydrogen) atoms. The van der Waals surface area contributed by atoms with Crippen LogP contribution in [0.15, 0.2) is 46.7 Å². The molecule has 0 heterocycles. The summed E-state index contributed by atoms with van der Waals surface area (Å²) in [6.07, 6.45) is 0. The molecule has 2 unspecified atom stereocenters. The van der Waals surface area contributed by atoms with Gasteiger partial charge in [0.1, 0.15) is 13.7 Å². The van der Waals surface area contributed by atoms with Crippen molar-refractivity contribution in [2.75, 3.05) is 14.2 Å². The van der Waals surface area contributed by atoms with Crippen LogP contribution >= 0.6 is 18.5 Å². The third kappa shape index (κ3) is 6.13. The first-order valence-electron chi connectivity index (χ1n) is 9.85. The molecule has 2 aromatic carbocycles. The summed E-state index contributed by atoms with van der Waals surface area (Å²) < 4.78 is 0. The normalized spacial score (nSPS) is 12.2. The minimum Gasteiger partial charge on any atom is -0.398 e. The van der Waals surface area contributed by atoms with Gasteiger partial charge < -0.3 is 15.0 Å². The average molecular weight is 470 g/mol. The second kappa shape index (κ2) is 11.2. The van der Waals surface area contributed by atoms with Crippen molar-refractivity contribution in [1.29, 1.82) is 5.26 Å². The lowest BCUT2D eigenvalue weighted by molar-refractivity contribution is -0.114. The molecule has 0 saturated heterocycles. The highest BCUT2D eigenvalue weighted by molar-refractivity contribution is 7.38. The van der Waals surface area contributed by atoms with Crippen LogP contribution in [0.2, 0.25) is 0 Å². The molecule has 7 nitrogen and oxygen atoms in total. The SMILES string of the molecule is CNC(=O)/C(=N/OC)c1cccc(C)c1CO/N=C(\C)c1ccc(C#N)cc1C(C)(P)P. The number of amides is 1. The first-order chi connectivity index (χ1) is 15.1. The number of carbonyl (C=O) groups is 1. The summed E-state index contributed by atoms with van der Waals surface area (Å²) in [6.45, 7) is 5.95. The molecular weight excluding hydrogens is 442 g/mol. The summed E-state index contributed by atoms with van der Waals surface area (Å²) in [5.74, 6) is -0.360. The number of aryl methyl sites for hydroxylation is 1. The van der Waals surface area contributed by atoms with Crippen molar-refractivity contribution in [3.05, 3.63) is 69.8 Å². The Morgan fingerprint density at radius 2 is 1.94 bits per heavy atom. The molecule has 9 heteroatoms. The lowest BCUT2D eigenvalue weighted by atomic mass is 9.98. The van der Waals surface area contributed by atoms with Gasteiger partial charge in [0.2, 0.25) is 0 Å². The van der Waals surface area contributed by atoms with Crippen LogP contribution in [0.3, 0.4) is 0 Å². The average Bonchev–Trinajstić information content (AvgIpc) is 2.77. The van der Waals surface area contributed by atoms with E-state index in [0.29, 0.717) is 16.8 Å². The monoisotopic (exact) mass is 470 g/mol. The molecule has 0 aromatic heterocycles. The van der Waals surface area contributed by atoms with Gasteiger partial charge in [-0.25, -0.2) is 0 Å². The first kappa shape index (κ1) is 25.5. The number of rotatable bonds is 8. The predicted octanol–water partition coefficient (Wildman–Crippen LogP) is 3.83. The van der Waals surface area contributed by atoms with Crippen molar-refractivity contribution in [1.82, 2.24) is 5.32 Å². The van der Waals surface area contributed by atoms with Gasteiger partial charge in [-0.1, -0.05) is 34.6 Å². The fourth-order valence-electron chi connectivity index (χ4n) is 3.16. The van der Waals surface area contributed by atoms with Crippen molar-refractivity contribution in [3.63, 3.8) is 0 Å². The molecular formula is C23H28N4O3P2. The Bertz CT molecular complexity index is 1100. The second-order valence-corrected chi connectivity index (χ2v) is 10.5. The zero-order valence-corrected chi connectivity index (χ0v) is 21.2. The first-order valence-corrected chi connectivity index (χ1v) is 11.0. The summed E-state index contributed by atoms with van der Waals surface area (Å²) in [6, 6.07) is 13.2. The van der Waals surface area contributed by atoms with Gasteiger partial charge in [-0.05, 0) is 44.0 Å². The summed E-state index contributed by atoms with van der Waals surface area (Å²) >= 11 is 0. The van der Waals surface area contributed by atoms with E-state index in [0.717, 1.165) is 22.3 Å². The van der Waals surface area contributed by atoms with E-state index < -0.39 is 0 Å². The van der Waals surface area contributed by atoms with Crippen LogP contribution in [0.5, 0.6) is 0 Å². The molecule has 168 valence electrons. The largest absolute Gasteiger partial charge is 0.398 e. The minimum atomic E-state index is -0.360.